The van der Waals surface area contributed by atoms with Gasteiger partial charge in [-0.1, -0.05) is 39.5 Å². The van der Waals surface area contributed by atoms with E-state index in [9.17, 15) is 4.79 Å². The molecule has 1 aromatic heterocycles. The lowest BCUT2D eigenvalue weighted by Crippen LogP contribution is -2.31. The van der Waals surface area contributed by atoms with Gasteiger partial charge in [-0.2, -0.15) is 0 Å². The van der Waals surface area contributed by atoms with Crippen LogP contribution in [0.25, 0.3) is 0 Å². The van der Waals surface area contributed by atoms with Gasteiger partial charge in [-0.05, 0) is 12.8 Å². The van der Waals surface area contributed by atoms with E-state index in [1.165, 1.54) is 12.8 Å². The highest BCUT2D eigenvalue weighted by molar-refractivity contribution is 5.93. The largest absolute Gasteiger partial charge is 0.470 e. The Morgan fingerprint density at radius 3 is 2.56 bits per heavy atom. The van der Waals surface area contributed by atoms with Gasteiger partial charge in [0.2, 0.25) is 5.91 Å². The number of unbranched alkanes of at least 4 members (excludes halogenated alkanes) is 4. The molecule has 0 saturated carbocycles. The van der Waals surface area contributed by atoms with Crippen LogP contribution in [-0.4, -0.2) is 12.5 Å². The molecule has 0 saturated heterocycles. The van der Waals surface area contributed by atoms with Gasteiger partial charge in [0, 0.05) is 19.0 Å². The van der Waals surface area contributed by atoms with Crippen molar-refractivity contribution in [2.24, 2.45) is 0 Å². The Morgan fingerprint density at radius 2 is 1.94 bits per heavy atom. The van der Waals surface area contributed by atoms with Crippen LogP contribution in [0.2, 0.25) is 0 Å². The molecule has 1 aromatic rings. The molecule has 3 heteroatoms. The van der Waals surface area contributed by atoms with Crippen LogP contribution >= 0.6 is 0 Å². The number of nitrogens with zero attached hydrogens (tertiary/aromatic N) is 1. The standard InChI is InChI=1S/C15H25NO2/c1-3-5-7-8-9-15(17)16(11-6-4-2)14-10-12-18-13-14/h10,12-13H,3-9,11H2,1-2H3. The summed E-state index contributed by atoms with van der Waals surface area (Å²) in [4.78, 5) is 14.1. The van der Waals surface area contributed by atoms with Crippen molar-refractivity contribution in [2.45, 2.75) is 58.8 Å². The summed E-state index contributed by atoms with van der Waals surface area (Å²) in [7, 11) is 0. The predicted molar refractivity (Wildman–Crippen MR) is 74.7 cm³/mol. The monoisotopic (exact) mass is 251 g/mol. The van der Waals surface area contributed by atoms with Crippen LogP contribution in [0.4, 0.5) is 5.69 Å². The van der Waals surface area contributed by atoms with E-state index in [1.54, 1.807) is 12.5 Å². The first-order chi connectivity index (χ1) is 8.79. The SMILES string of the molecule is CCCCCCC(=O)N(CCCC)c1ccoc1. The Bertz CT molecular complexity index is 319. The Labute approximate surface area is 110 Å². The maximum atomic E-state index is 12.2. The second-order valence-electron chi connectivity index (χ2n) is 4.69. The molecule has 0 spiro atoms. The molecule has 1 rings (SSSR count). The lowest BCUT2D eigenvalue weighted by atomic mass is 10.1. The van der Waals surface area contributed by atoms with Crippen molar-refractivity contribution in [3.8, 4) is 0 Å². The third-order valence-corrected chi connectivity index (χ3v) is 3.10. The van der Waals surface area contributed by atoms with E-state index >= 15 is 0 Å². The average Bonchev–Trinajstić information content (AvgIpc) is 2.89. The summed E-state index contributed by atoms with van der Waals surface area (Å²) in [6, 6.07) is 1.86. The molecule has 0 aliphatic heterocycles. The van der Waals surface area contributed by atoms with Crippen LogP contribution in [-0.2, 0) is 4.79 Å². The van der Waals surface area contributed by atoms with Crippen molar-refractivity contribution in [3.05, 3.63) is 18.6 Å². The normalized spacial score (nSPS) is 10.6. The summed E-state index contributed by atoms with van der Waals surface area (Å²) in [6.07, 6.45) is 10.6. The lowest BCUT2D eigenvalue weighted by molar-refractivity contribution is -0.118. The Kier molecular flexibility index (Phi) is 7.23. The predicted octanol–water partition coefficient (Wildman–Crippen LogP) is 4.38. The van der Waals surface area contributed by atoms with Crippen LogP contribution in [0.15, 0.2) is 23.0 Å². The van der Waals surface area contributed by atoms with Gasteiger partial charge in [0.25, 0.3) is 0 Å². The van der Waals surface area contributed by atoms with Gasteiger partial charge in [0.15, 0.2) is 0 Å². The van der Waals surface area contributed by atoms with Gasteiger partial charge in [-0.25, -0.2) is 0 Å². The van der Waals surface area contributed by atoms with Crippen molar-refractivity contribution in [1.82, 2.24) is 0 Å². The van der Waals surface area contributed by atoms with Gasteiger partial charge in [0.1, 0.15) is 6.26 Å². The van der Waals surface area contributed by atoms with Crippen LogP contribution in [0.1, 0.15) is 58.8 Å². The van der Waals surface area contributed by atoms with E-state index in [4.69, 9.17) is 4.42 Å². The molecule has 0 aromatic carbocycles. The molecule has 1 amide bonds. The minimum atomic E-state index is 0.223. The molecule has 0 aliphatic carbocycles. The molecule has 0 aliphatic rings. The van der Waals surface area contributed by atoms with Crippen molar-refractivity contribution in [1.29, 1.82) is 0 Å². The molecule has 0 fully saturated rings. The number of amides is 1. The molecule has 0 radical (unpaired) electrons. The number of anilines is 1. The fourth-order valence-electron chi connectivity index (χ4n) is 1.96. The zero-order valence-electron chi connectivity index (χ0n) is 11.7. The molecule has 0 bridgehead atoms. The second kappa shape index (κ2) is 8.78. The highest BCUT2D eigenvalue weighted by Crippen LogP contribution is 2.17. The van der Waals surface area contributed by atoms with Gasteiger partial charge >= 0.3 is 0 Å². The zero-order valence-corrected chi connectivity index (χ0v) is 11.7. The molecule has 1 heterocycles. The van der Waals surface area contributed by atoms with Crippen LogP contribution in [0.5, 0.6) is 0 Å². The first-order valence-electron chi connectivity index (χ1n) is 7.12. The molecule has 102 valence electrons. The second-order valence-corrected chi connectivity index (χ2v) is 4.69. The third-order valence-electron chi connectivity index (χ3n) is 3.10. The van der Waals surface area contributed by atoms with E-state index < -0.39 is 0 Å². The fourth-order valence-corrected chi connectivity index (χ4v) is 1.96. The minimum absolute atomic E-state index is 0.223. The smallest absolute Gasteiger partial charge is 0.227 e. The Morgan fingerprint density at radius 1 is 1.17 bits per heavy atom. The van der Waals surface area contributed by atoms with Crippen LogP contribution < -0.4 is 4.90 Å². The van der Waals surface area contributed by atoms with E-state index in [0.717, 1.165) is 37.9 Å². The van der Waals surface area contributed by atoms with Gasteiger partial charge in [0.05, 0.1) is 12.0 Å². The van der Waals surface area contributed by atoms with Crippen molar-refractivity contribution in [3.63, 3.8) is 0 Å². The summed E-state index contributed by atoms with van der Waals surface area (Å²) in [6.45, 7) is 5.11. The molecular formula is C15H25NO2. The summed E-state index contributed by atoms with van der Waals surface area (Å²) in [5.41, 5.74) is 0.893. The number of carbonyl (C=O) groups excluding carboxylic acids is 1. The Hall–Kier alpha value is -1.25. The number of rotatable bonds is 9. The fraction of sp³-hybridized carbons (Fsp3) is 0.667. The zero-order chi connectivity index (χ0) is 13.2. The average molecular weight is 251 g/mol. The number of hydrogen-bond donors (Lipinski definition) is 0. The molecular weight excluding hydrogens is 226 g/mol. The maximum absolute atomic E-state index is 12.2. The van der Waals surface area contributed by atoms with E-state index in [2.05, 4.69) is 13.8 Å². The van der Waals surface area contributed by atoms with Crippen LogP contribution in [0.3, 0.4) is 0 Å². The molecule has 0 atom stereocenters. The number of hydrogen-bond acceptors (Lipinski definition) is 2. The van der Waals surface area contributed by atoms with Crippen molar-refractivity contribution >= 4 is 11.6 Å². The summed E-state index contributed by atoms with van der Waals surface area (Å²) < 4.78 is 5.07. The third kappa shape index (κ3) is 4.94. The topological polar surface area (TPSA) is 33.5 Å². The highest BCUT2D eigenvalue weighted by atomic mass is 16.3. The van der Waals surface area contributed by atoms with E-state index in [-0.39, 0.29) is 5.91 Å². The molecule has 0 N–H and O–H groups in total. The van der Waals surface area contributed by atoms with Gasteiger partial charge in [-0.15, -0.1) is 0 Å². The van der Waals surface area contributed by atoms with E-state index in [0.29, 0.717) is 6.42 Å². The van der Waals surface area contributed by atoms with Gasteiger partial charge < -0.3 is 9.32 Å². The molecule has 3 nitrogen and oxygen atoms in total. The minimum Gasteiger partial charge on any atom is -0.470 e. The number of furan rings is 1. The van der Waals surface area contributed by atoms with Crippen LogP contribution in [0, 0.1) is 0 Å². The molecule has 0 unspecified atom stereocenters. The molecule has 18 heavy (non-hydrogen) atoms. The van der Waals surface area contributed by atoms with E-state index in [1.807, 2.05) is 11.0 Å². The van der Waals surface area contributed by atoms with Gasteiger partial charge in [-0.3, -0.25) is 4.79 Å². The van der Waals surface area contributed by atoms with Crippen molar-refractivity contribution in [2.75, 3.05) is 11.4 Å². The summed E-state index contributed by atoms with van der Waals surface area (Å²) in [5, 5.41) is 0. The highest BCUT2D eigenvalue weighted by Gasteiger charge is 2.15. The first-order valence-corrected chi connectivity index (χ1v) is 7.12. The summed E-state index contributed by atoms with van der Waals surface area (Å²) >= 11 is 0. The lowest BCUT2D eigenvalue weighted by Gasteiger charge is -2.20. The van der Waals surface area contributed by atoms with Crippen molar-refractivity contribution < 1.29 is 9.21 Å². The number of carbonyl (C=O) groups is 1. The maximum Gasteiger partial charge on any atom is 0.227 e. The Balaban J connectivity index is 2.46. The quantitative estimate of drug-likeness (QED) is 0.610. The first kappa shape index (κ1) is 14.8. The summed E-state index contributed by atoms with van der Waals surface area (Å²) in [5.74, 6) is 0.223.